The van der Waals surface area contributed by atoms with Crippen molar-refractivity contribution in [2.45, 2.75) is 0 Å². The molecule has 0 aliphatic carbocycles. The summed E-state index contributed by atoms with van der Waals surface area (Å²) in [6.07, 6.45) is 0. The molecule has 3 rings (SSSR count). The van der Waals surface area contributed by atoms with Crippen LogP contribution < -0.4 is 10.6 Å². The lowest BCUT2D eigenvalue weighted by molar-refractivity contribution is 0.0959. The van der Waals surface area contributed by atoms with Crippen LogP contribution in [0.2, 0.25) is 0 Å². The highest BCUT2D eigenvalue weighted by Crippen LogP contribution is 2.06. The first-order valence-electron chi connectivity index (χ1n) is 8.85. The smallest absolute Gasteiger partial charge is 0.257 e. The molecule has 1 aliphatic rings. The van der Waals surface area contributed by atoms with Gasteiger partial charge in [0, 0.05) is 37.3 Å². The van der Waals surface area contributed by atoms with Crippen molar-refractivity contribution in [1.82, 2.24) is 20.4 Å². The molecule has 0 saturated carbocycles. The zero-order valence-electron chi connectivity index (χ0n) is 15.1. The predicted octanol–water partition coefficient (Wildman–Crippen LogP) is 2.03. The van der Waals surface area contributed by atoms with Crippen molar-refractivity contribution in [3.05, 3.63) is 71.8 Å². The highest BCUT2D eigenvalue weighted by atomic mass is 32.1. The minimum atomic E-state index is -0.223. The Bertz CT molecular complexity index is 793. The van der Waals surface area contributed by atoms with Crippen LogP contribution in [0.15, 0.2) is 60.7 Å². The Morgan fingerprint density at radius 3 is 1.29 bits per heavy atom. The fourth-order valence-electron chi connectivity index (χ4n) is 2.79. The standard InChI is InChI=1S/C20H20N4O2S2/c25-17(15-7-3-1-4-8-15)21-19(27)23-11-13-24(14-12-23)20(28)22-18(26)16-9-5-2-6-10-16/h1-10H,11-14H2,(H,21,25,27)(H,22,26,28). The first-order chi connectivity index (χ1) is 13.5. The van der Waals surface area contributed by atoms with Gasteiger partial charge in [-0.1, -0.05) is 36.4 Å². The molecule has 6 nitrogen and oxygen atoms in total. The van der Waals surface area contributed by atoms with Gasteiger partial charge in [0.05, 0.1) is 0 Å². The Morgan fingerprint density at radius 1 is 0.643 bits per heavy atom. The molecular formula is C20H20N4O2S2. The highest BCUT2D eigenvalue weighted by Gasteiger charge is 2.22. The van der Waals surface area contributed by atoms with Gasteiger partial charge >= 0.3 is 0 Å². The van der Waals surface area contributed by atoms with E-state index in [4.69, 9.17) is 24.4 Å². The van der Waals surface area contributed by atoms with E-state index in [2.05, 4.69) is 10.6 Å². The predicted molar refractivity (Wildman–Crippen MR) is 116 cm³/mol. The molecule has 2 aromatic carbocycles. The van der Waals surface area contributed by atoms with Crippen molar-refractivity contribution in [1.29, 1.82) is 0 Å². The first-order valence-corrected chi connectivity index (χ1v) is 9.67. The fraction of sp³-hybridized carbons (Fsp3) is 0.200. The number of benzene rings is 2. The van der Waals surface area contributed by atoms with Gasteiger partial charge in [0.1, 0.15) is 0 Å². The topological polar surface area (TPSA) is 64.7 Å². The van der Waals surface area contributed by atoms with Crippen molar-refractivity contribution in [2.75, 3.05) is 26.2 Å². The van der Waals surface area contributed by atoms with Crippen LogP contribution in [-0.2, 0) is 0 Å². The number of piperazine rings is 1. The summed E-state index contributed by atoms with van der Waals surface area (Å²) in [4.78, 5) is 28.3. The summed E-state index contributed by atoms with van der Waals surface area (Å²) in [5.41, 5.74) is 1.13. The maximum atomic E-state index is 12.2. The second-order valence-electron chi connectivity index (χ2n) is 6.22. The quantitative estimate of drug-likeness (QED) is 0.736. The molecule has 2 aromatic rings. The normalized spacial score (nSPS) is 13.6. The van der Waals surface area contributed by atoms with Crippen LogP contribution in [0.25, 0.3) is 0 Å². The number of hydrogen-bond acceptors (Lipinski definition) is 4. The molecule has 1 heterocycles. The van der Waals surface area contributed by atoms with Crippen LogP contribution in [0.3, 0.4) is 0 Å². The van der Waals surface area contributed by atoms with Crippen molar-refractivity contribution < 1.29 is 9.59 Å². The minimum Gasteiger partial charge on any atom is -0.345 e. The Kier molecular flexibility index (Phi) is 6.67. The highest BCUT2D eigenvalue weighted by molar-refractivity contribution is 7.80. The van der Waals surface area contributed by atoms with E-state index in [1.807, 2.05) is 21.9 Å². The molecule has 0 bridgehead atoms. The number of nitrogens with one attached hydrogen (secondary N) is 2. The Hall–Kier alpha value is -2.84. The van der Waals surface area contributed by atoms with Gasteiger partial charge in [-0.2, -0.15) is 0 Å². The zero-order valence-corrected chi connectivity index (χ0v) is 16.8. The van der Waals surface area contributed by atoms with E-state index in [0.29, 0.717) is 47.5 Å². The van der Waals surface area contributed by atoms with Gasteiger partial charge in [-0.25, -0.2) is 0 Å². The molecule has 2 amide bonds. The Labute approximate surface area is 174 Å². The average molecular weight is 413 g/mol. The summed E-state index contributed by atoms with van der Waals surface area (Å²) in [5.74, 6) is -0.447. The van der Waals surface area contributed by atoms with Crippen molar-refractivity contribution in [3.8, 4) is 0 Å². The van der Waals surface area contributed by atoms with Crippen LogP contribution in [0.5, 0.6) is 0 Å². The van der Waals surface area contributed by atoms with Gasteiger partial charge in [0.25, 0.3) is 11.8 Å². The lowest BCUT2D eigenvalue weighted by Crippen LogP contribution is -2.56. The number of thiocarbonyl (C=S) groups is 2. The third-order valence-corrected chi connectivity index (χ3v) is 5.09. The SMILES string of the molecule is O=C(NC(=S)N1CCN(C(=S)NC(=O)c2ccccc2)CC1)c1ccccc1. The molecule has 2 N–H and O–H groups in total. The maximum absolute atomic E-state index is 12.2. The number of amides is 2. The minimum absolute atomic E-state index is 0.223. The summed E-state index contributed by atoms with van der Waals surface area (Å²) in [5, 5.41) is 6.31. The fourth-order valence-corrected chi connectivity index (χ4v) is 3.34. The van der Waals surface area contributed by atoms with E-state index in [-0.39, 0.29) is 11.8 Å². The maximum Gasteiger partial charge on any atom is 0.257 e. The second-order valence-corrected chi connectivity index (χ2v) is 7.00. The van der Waals surface area contributed by atoms with Crippen LogP contribution >= 0.6 is 24.4 Å². The summed E-state index contributed by atoms with van der Waals surface area (Å²) in [6.45, 7) is 2.43. The molecule has 144 valence electrons. The van der Waals surface area contributed by atoms with Crippen LogP contribution in [0.4, 0.5) is 0 Å². The Balaban J connectivity index is 1.47. The van der Waals surface area contributed by atoms with Crippen molar-refractivity contribution in [2.24, 2.45) is 0 Å². The van der Waals surface area contributed by atoms with E-state index in [9.17, 15) is 9.59 Å². The monoisotopic (exact) mass is 412 g/mol. The van der Waals surface area contributed by atoms with Gasteiger partial charge in [0.2, 0.25) is 0 Å². The number of nitrogens with zero attached hydrogens (tertiary/aromatic N) is 2. The van der Waals surface area contributed by atoms with Gasteiger partial charge < -0.3 is 9.80 Å². The molecule has 1 saturated heterocycles. The summed E-state index contributed by atoms with van der Waals surface area (Å²) in [7, 11) is 0. The third-order valence-electron chi connectivity index (χ3n) is 4.37. The molecule has 8 heteroatoms. The number of carbonyl (C=O) groups excluding carboxylic acids is 2. The third kappa shape index (κ3) is 5.11. The molecule has 0 spiro atoms. The van der Waals surface area contributed by atoms with E-state index in [1.54, 1.807) is 48.5 Å². The zero-order chi connectivity index (χ0) is 19.9. The van der Waals surface area contributed by atoms with Crippen LogP contribution in [0.1, 0.15) is 20.7 Å². The largest absolute Gasteiger partial charge is 0.345 e. The molecule has 1 fully saturated rings. The van der Waals surface area contributed by atoms with Crippen molar-refractivity contribution in [3.63, 3.8) is 0 Å². The van der Waals surface area contributed by atoms with E-state index < -0.39 is 0 Å². The van der Waals surface area contributed by atoms with E-state index in [1.165, 1.54) is 0 Å². The summed E-state index contributed by atoms with van der Waals surface area (Å²) in [6, 6.07) is 17.9. The lowest BCUT2D eigenvalue weighted by Gasteiger charge is -2.37. The Morgan fingerprint density at radius 2 is 0.964 bits per heavy atom. The van der Waals surface area contributed by atoms with E-state index >= 15 is 0 Å². The van der Waals surface area contributed by atoms with Crippen molar-refractivity contribution >= 4 is 46.5 Å². The molecule has 0 radical (unpaired) electrons. The lowest BCUT2D eigenvalue weighted by atomic mass is 10.2. The van der Waals surface area contributed by atoms with E-state index in [0.717, 1.165) is 0 Å². The average Bonchev–Trinajstić information content (AvgIpc) is 2.75. The van der Waals surface area contributed by atoms with Crippen LogP contribution in [-0.4, -0.2) is 58.0 Å². The van der Waals surface area contributed by atoms with Crippen LogP contribution in [0, 0.1) is 0 Å². The number of rotatable bonds is 2. The summed E-state index contributed by atoms with van der Waals surface area (Å²) < 4.78 is 0. The molecule has 0 unspecified atom stereocenters. The molecular weight excluding hydrogens is 392 g/mol. The van der Waals surface area contributed by atoms with Gasteiger partial charge in [-0.15, -0.1) is 0 Å². The van der Waals surface area contributed by atoms with Gasteiger partial charge in [0.15, 0.2) is 10.2 Å². The number of carbonyl (C=O) groups is 2. The molecule has 0 atom stereocenters. The van der Waals surface area contributed by atoms with Gasteiger partial charge in [-0.05, 0) is 48.7 Å². The molecule has 1 aliphatic heterocycles. The first kappa shape index (κ1) is 19.9. The second kappa shape index (κ2) is 9.38. The molecule has 28 heavy (non-hydrogen) atoms. The van der Waals surface area contributed by atoms with Gasteiger partial charge in [-0.3, -0.25) is 20.2 Å². The summed E-state index contributed by atoms with van der Waals surface area (Å²) >= 11 is 10.7. The number of hydrogen-bond donors (Lipinski definition) is 2. The molecule has 0 aromatic heterocycles.